The molecule has 4 heteroatoms. The molecule has 4 nitrogen and oxygen atoms in total. The lowest BCUT2D eigenvalue weighted by atomic mass is 10.2. The zero-order valence-electron chi connectivity index (χ0n) is 11.5. The highest BCUT2D eigenvalue weighted by atomic mass is 16.6. The fourth-order valence-electron chi connectivity index (χ4n) is 2.78. The molecule has 0 saturated carbocycles. The molecule has 0 bridgehead atoms. The van der Waals surface area contributed by atoms with E-state index in [2.05, 4.69) is 17.1 Å². The van der Waals surface area contributed by atoms with E-state index in [1.54, 1.807) is 0 Å². The molecule has 0 aromatic heterocycles. The van der Waals surface area contributed by atoms with Gasteiger partial charge in [0.05, 0.1) is 6.54 Å². The summed E-state index contributed by atoms with van der Waals surface area (Å²) in [7, 11) is 2.15. The van der Waals surface area contributed by atoms with Gasteiger partial charge in [-0.15, -0.1) is 0 Å². The third-order valence-electron chi connectivity index (χ3n) is 3.85. The van der Waals surface area contributed by atoms with E-state index in [1.165, 1.54) is 32.4 Å². The molecule has 2 heterocycles. The Balaban J connectivity index is 1.56. The molecule has 0 N–H and O–H groups in total. The number of piperidine rings is 1. The second-order valence-corrected chi connectivity index (χ2v) is 5.35. The summed E-state index contributed by atoms with van der Waals surface area (Å²) >= 11 is 0. The number of hydrogen-bond acceptors (Lipinski definition) is 4. The van der Waals surface area contributed by atoms with Crippen molar-refractivity contribution in [2.24, 2.45) is 0 Å². The first-order valence-corrected chi connectivity index (χ1v) is 7.17. The highest BCUT2D eigenvalue weighted by molar-refractivity contribution is 5.40. The Morgan fingerprint density at radius 1 is 1.16 bits per heavy atom. The minimum Gasteiger partial charge on any atom is -0.486 e. The fraction of sp³-hybridized carbons (Fsp3) is 0.600. The van der Waals surface area contributed by atoms with E-state index in [0.29, 0.717) is 6.61 Å². The topological polar surface area (TPSA) is 24.9 Å². The van der Waals surface area contributed by atoms with Crippen molar-refractivity contribution in [3.05, 3.63) is 24.3 Å². The number of hydrogen-bond donors (Lipinski definition) is 0. The van der Waals surface area contributed by atoms with Gasteiger partial charge in [-0.1, -0.05) is 18.6 Å². The van der Waals surface area contributed by atoms with Crippen LogP contribution >= 0.6 is 0 Å². The van der Waals surface area contributed by atoms with Crippen molar-refractivity contribution in [1.82, 2.24) is 10.0 Å². The number of ether oxygens (including phenoxy) is 2. The standard InChI is InChI=1S/C15H22N2O2/c1-16(17-9-5-2-6-10-17)11-13-12-18-14-7-3-4-8-15(14)19-13/h3-4,7-8,13H,2,5-6,9-12H2,1H3. The van der Waals surface area contributed by atoms with Gasteiger partial charge in [0.1, 0.15) is 12.7 Å². The van der Waals surface area contributed by atoms with Crippen molar-refractivity contribution in [2.75, 3.05) is 33.3 Å². The second kappa shape index (κ2) is 5.80. The number of rotatable bonds is 3. The van der Waals surface area contributed by atoms with Gasteiger partial charge in [-0.3, -0.25) is 0 Å². The highest BCUT2D eigenvalue weighted by Gasteiger charge is 2.24. The molecule has 1 aromatic rings. The average Bonchev–Trinajstić information content (AvgIpc) is 2.48. The Hall–Kier alpha value is -1.26. The van der Waals surface area contributed by atoms with Gasteiger partial charge in [0.2, 0.25) is 0 Å². The van der Waals surface area contributed by atoms with Crippen molar-refractivity contribution in [1.29, 1.82) is 0 Å². The number of hydrazine groups is 1. The van der Waals surface area contributed by atoms with Gasteiger partial charge in [0.25, 0.3) is 0 Å². The van der Waals surface area contributed by atoms with Crippen LogP contribution in [0.15, 0.2) is 24.3 Å². The molecule has 0 amide bonds. The van der Waals surface area contributed by atoms with E-state index in [9.17, 15) is 0 Å². The van der Waals surface area contributed by atoms with Gasteiger partial charge in [0, 0.05) is 20.1 Å². The lowest BCUT2D eigenvalue weighted by Crippen LogP contribution is -2.49. The Morgan fingerprint density at radius 3 is 2.68 bits per heavy atom. The fourth-order valence-corrected chi connectivity index (χ4v) is 2.78. The molecule has 1 fully saturated rings. The third-order valence-corrected chi connectivity index (χ3v) is 3.85. The Labute approximate surface area is 114 Å². The van der Waals surface area contributed by atoms with E-state index < -0.39 is 0 Å². The maximum absolute atomic E-state index is 6.00. The van der Waals surface area contributed by atoms with Crippen LogP contribution in [0.5, 0.6) is 11.5 Å². The molecule has 1 aromatic carbocycles. The van der Waals surface area contributed by atoms with Gasteiger partial charge >= 0.3 is 0 Å². The summed E-state index contributed by atoms with van der Waals surface area (Å²) in [5.41, 5.74) is 0. The third kappa shape index (κ3) is 3.01. The molecule has 104 valence electrons. The summed E-state index contributed by atoms with van der Waals surface area (Å²) in [5, 5.41) is 4.72. The quantitative estimate of drug-likeness (QED) is 0.833. The summed E-state index contributed by atoms with van der Waals surface area (Å²) in [6.45, 7) is 3.85. The first-order chi connectivity index (χ1) is 9.33. The molecule has 1 unspecified atom stereocenters. The van der Waals surface area contributed by atoms with Crippen LogP contribution in [0.25, 0.3) is 0 Å². The van der Waals surface area contributed by atoms with Gasteiger partial charge in [-0.05, 0) is 25.0 Å². The lowest BCUT2D eigenvalue weighted by molar-refractivity contribution is -0.0513. The number of nitrogens with zero attached hydrogens (tertiary/aromatic N) is 2. The molecular weight excluding hydrogens is 240 g/mol. The van der Waals surface area contributed by atoms with E-state index in [0.717, 1.165) is 18.0 Å². The maximum Gasteiger partial charge on any atom is 0.161 e. The zero-order chi connectivity index (χ0) is 13.1. The van der Waals surface area contributed by atoms with Crippen LogP contribution in [0.1, 0.15) is 19.3 Å². The molecule has 0 radical (unpaired) electrons. The Morgan fingerprint density at radius 2 is 1.89 bits per heavy atom. The first kappa shape index (κ1) is 12.8. The molecule has 1 saturated heterocycles. The predicted molar refractivity (Wildman–Crippen MR) is 74.4 cm³/mol. The number of benzene rings is 1. The van der Waals surface area contributed by atoms with Gasteiger partial charge in [-0.2, -0.15) is 0 Å². The van der Waals surface area contributed by atoms with Crippen LogP contribution in [0, 0.1) is 0 Å². The SMILES string of the molecule is CN(CC1COc2ccccc2O1)N1CCCCC1. The minimum atomic E-state index is 0.113. The Bertz CT molecular complexity index is 418. The van der Waals surface area contributed by atoms with Gasteiger partial charge < -0.3 is 9.47 Å². The van der Waals surface area contributed by atoms with Crippen LogP contribution in [0.4, 0.5) is 0 Å². The lowest BCUT2D eigenvalue weighted by Gasteiger charge is -2.37. The van der Waals surface area contributed by atoms with E-state index in [4.69, 9.17) is 9.47 Å². The molecule has 19 heavy (non-hydrogen) atoms. The molecule has 0 spiro atoms. The van der Waals surface area contributed by atoms with Crippen molar-refractivity contribution in [3.63, 3.8) is 0 Å². The Kier molecular flexibility index (Phi) is 3.89. The number of para-hydroxylation sites is 2. The van der Waals surface area contributed by atoms with E-state index in [1.807, 2.05) is 24.3 Å². The monoisotopic (exact) mass is 262 g/mol. The second-order valence-electron chi connectivity index (χ2n) is 5.35. The van der Waals surface area contributed by atoms with E-state index in [-0.39, 0.29) is 6.10 Å². The van der Waals surface area contributed by atoms with Crippen LogP contribution in [-0.2, 0) is 0 Å². The summed E-state index contributed by atoms with van der Waals surface area (Å²) in [5.74, 6) is 1.73. The van der Waals surface area contributed by atoms with Crippen LogP contribution in [-0.4, -0.2) is 49.4 Å². The molecule has 3 rings (SSSR count). The van der Waals surface area contributed by atoms with Crippen LogP contribution in [0.2, 0.25) is 0 Å². The predicted octanol–water partition coefficient (Wildman–Crippen LogP) is 2.16. The molecular formula is C15H22N2O2. The van der Waals surface area contributed by atoms with Crippen molar-refractivity contribution in [3.8, 4) is 11.5 Å². The molecule has 2 aliphatic rings. The number of fused-ring (bicyclic) bond motifs is 1. The van der Waals surface area contributed by atoms with E-state index >= 15 is 0 Å². The highest BCUT2D eigenvalue weighted by Crippen LogP contribution is 2.31. The molecule has 1 atom stereocenters. The largest absolute Gasteiger partial charge is 0.486 e. The minimum absolute atomic E-state index is 0.113. The maximum atomic E-state index is 6.00. The van der Waals surface area contributed by atoms with Crippen LogP contribution in [0.3, 0.4) is 0 Å². The molecule has 0 aliphatic carbocycles. The van der Waals surface area contributed by atoms with Gasteiger partial charge in [0.15, 0.2) is 11.5 Å². The van der Waals surface area contributed by atoms with Crippen molar-refractivity contribution in [2.45, 2.75) is 25.4 Å². The summed E-state index contributed by atoms with van der Waals surface area (Å²) in [6.07, 6.45) is 4.08. The first-order valence-electron chi connectivity index (χ1n) is 7.17. The summed E-state index contributed by atoms with van der Waals surface area (Å²) in [4.78, 5) is 0. The summed E-state index contributed by atoms with van der Waals surface area (Å²) in [6, 6.07) is 7.89. The number of likely N-dealkylation sites (N-methyl/N-ethyl adjacent to an activating group) is 1. The summed E-state index contributed by atoms with van der Waals surface area (Å²) < 4.78 is 11.8. The molecule has 2 aliphatic heterocycles. The van der Waals surface area contributed by atoms with Crippen molar-refractivity contribution >= 4 is 0 Å². The average molecular weight is 262 g/mol. The van der Waals surface area contributed by atoms with Crippen LogP contribution < -0.4 is 9.47 Å². The van der Waals surface area contributed by atoms with Crippen molar-refractivity contribution < 1.29 is 9.47 Å². The normalized spacial score (nSPS) is 23.6. The smallest absolute Gasteiger partial charge is 0.161 e. The van der Waals surface area contributed by atoms with Gasteiger partial charge in [-0.25, -0.2) is 10.0 Å². The zero-order valence-corrected chi connectivity index (χ0v) is 11.5.